The summed E-state index contributed by atoms with van der Waals surface area (Å²) in [6.45, 7) is 1.64. The molecule has 11 heteroatoms. The monoisotopic (exact) mass is 602 g/mol. The van der Waals surface area contributed by atoms with Crippen molar-refractivity contribution in [2.45, 2.75) is 29.7 Å². The topological polar surface area (TPSA) is 91.7 Å². The second kappa shape index (κ2) is 10.9. The summed E-state index contributed by atoms with van der Waals surface area (Å²) < 4.78 is 15.1. The molecular formula is C31H27FN4O4S2. The van der Waals surface area contributed by atoms with Gasteiger partial charge in [-0.2, -0.15) is 0 Å². The zero-order chi connectivity index (χ0) is 29.7. The van der Waals surface area contributed by atoms with E-state index in [0.717, 1.165) is 44.8 Å². The minimum atomic E-state index is -0.826. The van der Waals surface area contributed by atoms with Gasteiger partial charge in [-0.15, -0.1) is 0 Å². The highest BCUT2D eigenvalue weighted by Gasteiger charge is 2.56. The summed E-state index contributed by atoms with van der Waals surface area (Å²) in [6, 6.07) is 20.3. The van der Waals surface area contributed by atoms with Gasteiger partial charge < -0.3 is 10.2 Å². The van der Waals surface area contributed by atoms with Crippen LogP contribution in [-0.2, 0) is 20.9 Å². The zero-order valence-electron chi connectivity index (χ0n) is 23.0. The van der Waals surface area contributed by atoms with Crippen LogP contribution in [-0.4, -0.2) is 41.6 Å². The summed E-state index contributed by atoms with van der Waals surface area (Å²) in [5, 5.41) is 2.55. The smallest absolute Gasteiger partial charge is 0.308 e. The first-order valence-corrected chi connectivity index (χ1v) is 15.0. The Morgan fingerprint density at radius 1 is 0.952 bits per heavy atom. The van der Waals surface area contributed by atoms with Crippen LogP contribution in [0, 0.1) is 18.7 Å². The number of hydrogen-bond donors (Lipinski definition) is 1. The number of para-hydroxylation sites is 1. The van der Waals surface area contributed by atoms with Crippen molar-refractivity contribution in [3.8, 4) is 0 Å². The first-order chi connectivity index (χ1) is 20.1. The molecule has 0 aliphatic carbocycles. The van der Waals surface area contributed by atoms with E-state index in [1.165, 1.54) is 28.8 Å². The second-order valence-electron chi connectivity index (χ2n) is 10.5. The molecule has 3 atom stereocenters. The molecule has 214 valence electrons. The molecule has 42 heavy (non-hydrogen) atoms. The highest BCUT2D eigenvalue weighted by molar-refractivity contribution is 8.00. The Hall–Kier alpha value is -4.22. The van der Waals surface area contributed by atoms with Gasteiger partial charge in [0.15, 0.2) is 0 Å². The predicted octanol–water partition coefficient (Wildman–Crippen LogP) is 4.86. The molecule has 1 N–H and O–H groups in total. The molecule has 3 heterocycles. The third kappa shape index (κ3) is 4.82. The summed E-state index contributed by atoms with van der Waals surface area (Å²) in [5.74, 6) is -3.04. The van der Waals surface area contributed by atoms with Crippen molar-refractivity contribution in [1.29, 1.82) is 0 Å². The molecule has 6 rings (SSSR count). The number of anilines is 3. The summed E-state index contributed by atoms with van der Waals surface area (Å²) >= 11 is 2.14. The number of rotatable bonds is 6. The summed E-state index contributed by atoms with van der Waals surface area (Å²) in [5.41, 5.74) is 3.58. The predicted molar refractivity (Wildman–Crippen MR) is 163 cm³/mol. The Bertz CT molecular complexity index is 1760. The highest BCUT2D eigenvalue weighted by Crippen LogP contribution is 2.54. The molecule has 8 nitrogen and oxygen atoms in total. The van der Waals surface area contributed by atoms with Gasteiger partial charge >= 0.3 is 4.87 Å². The van der Waals surface area contributed by atoms with Crippen LogP contribution in [0.15, 0.2) is 82.6 Å². The molecule has 0 saturated carbocycles. The molecule has 3 aromatic carbocycles. The first kappa shape index (κ1) is 27.9. The number of nitrogens with zero attached hydrogens (tertiary/aromatic N) is 3. The Morgan fingerprint density at radius 3 is 2.31 bits per heavy atom. The number of carbonyl (C=O) groups excluding carboxylic acids is 3. The minimum Gasteiger partial charge on any atom is -0.378 e. The lowest BCUT2D eigenvalue weighted by molar-refractivity contribution is -0.122. The van der Waals surface area contributed by atoms with Gasteiger partial charge in [0.05, 0.1) is 16.6 Å². The molecule has 4 aromatic rings. The Kier molecular flexibility index (Phi) is 7.24. The van der Waals surface area contributed by atoms with Crippen molar-refractivity contribution >= 4 is 57.9 Å². The van der Waals surface area contributed by atoms with Crippen LogP contribution >= 0.6 is 23.1 Å². The van der Waals surface area contributed by atoms with Gasteiger partial charge in [0.1, 0.15) is 17.6 Å². The second-order valence-corrected chi connectivity index (χ2v) is 12.6. The van der Waals surface area contributed by atoms with Gasteiger partial charge in [-0.25, -0.2) is 9.29 Å². The number of imide groups is 1. The molecule has 2 aliphatic heterocycles. The first-order valence-electron chi connectivity index (χ1n) is 13.3. The van der Waals surface area contributed by atoms with E-state index in [0.29, 0.717) is 21.3 Å². The third-order valence-electron chi connectivity index (χ3n) is 7.62. The lowest BCUT2D eigenvalue weighted by Crippen LogP contribution is -2.33. The molecule has 2 aliphatic rings. The van der Waals surface area contributed by atoms with Gasteiger partial charge in [0, 0.05) is 36.3 Å². The Labute approximate surface area is 249 Å². The normalized spacial score (nSPS) is 19.4. The van der Waals surface area contributed by atoms with Crippen molar-refractivity contribution in [3.63, 3.8) is 0 Å². The minimum absolute atomic E-state index is 0.237. The fraction of sp³-hybridized carbons (Fsp3) is 0.226. The molecule has 3 unspecified atom stereocenters. The quantitative estimate of drug-likeness (QED) is 0.317. The maximum atomic E-state index is 14.0. The van der Waals surface area contributed by atoms with Gasteiger partial charge in [-0.3, -0.25) is 23.7 Å². The third-order valence-corrected chi connectivity index (χ3v) is 10.2. The van der Waals surface area contributed by atoms with E-state index in [1.54, 1.807) is 6.07 Å². The van der Waals surface area contributed by atoms with Gasteiger partial charge in [0.2, 0.25) is 17.7 Å². The Morgan fingerprint density at radius 2 is 1.64 bits per heavy atom. The van der Waals surface area contributed by atoms with Crippen LogP contribution in [0.25, 0.3) is 0 Å². The number of nitrogens with one attached hydrogen (secondary N) is 1. The molecule has 3 amide bonds. The summed E-state index contributed by atoms with van der Waals surface area (Å²) in [4.78, 5) is 57.6. The molecule has 1 fully saturated rings. The number of benzene rings is 3. The number of thioether (sulfide) groups is 1. The lowest BCUT2D eigenvalue weighted by Gasteiger charge is -2.31. The van der Waals surface area contributed by atoms with Crippen LogP contribution in [0.4, 0.5) is 21.5 Å². The van der Waals surface area contributed by atoms with Crippen LogP contribution < -0.4 is 20.0 Å². The average Bonchev–Trinajstić information content (AvgIpc) is 3.41. The van der Waals surface area contributed by atoms with Crippen LogP contribution in [0.2, 0.25) is 0 Å². The number of aryl methyl sites for hydroxylation is 1. The van der Waals surface area contributed by atoms with Crippen molar-refractivity contribution in [2.24, 2.45) is 5.92 Å². The van der Waals surface area contributed by atoms with E-state index in [2.05, 4.69) is 5.32 Å². The van der Waals surface area contributed by atoms with E-state index in [9.17, 15) is 23.6 Å². The van der Waals surface area contributed by atoms with E-state index in [1.807, 2.05) is 68.4 Å². The van der Waals surface area contributed by atoms with Crippen molar-refractivity contribution in [2.75, 3.05) is 29.2 Å². The lowest BCUT2D eigenvalue weighted by atomic mass is 9.83. The van der Waals surface area contributed by atoms with Crippen LogP contribution in [0.3, 0.4) is 0 Å². The fourth-order valence-electron chi connectivity index (χ4n) is 5.49. The average molecular weight is 603 g/mol. The number of aromatic nitrogens is 1. The van der Waals surface area contributed by atoms with Gasteiger partial charge in [-0.1, -0.05) is 53.4 Å². The molecule has 1 saturated heterocycles. The van der Waals surface area contributed by atoms with E-state index in [-0.39, 0.29) is 17.3 Å². The van der Waals surface area contributed by atoms with E-state index >= 15 is 0 Å². The fourth-order valence-corrected chi connectivity index (χ4v) is 8.26. The summed E-state index contributed by atoms with van der Waals surface area (Å²) in [6.07, 6.45) is 0. The zero-order valence-corrected chi connectivity index (χ0v) is 24.7. The van der Waals surface area contributed by atoms with Gasteiger partial charge in [-0.05, 0) is 60.5 Å². The number of hydrogen-bond acceptors (Lipinski definition) is 7. The van der Waals surface area contributed by atoms with Crippen molar-refractivity contribution in [1.82, 2.24) is 4.57 Å². The van der Waals surface area contributed by atoms with E-state index in [4.69, 9.17) is 0 Å². The largest absolute Gasteiger partial charge is 0.378 e. The molecular weight excluding hydrogens is 575 g/mol. The summed E-state index contributed by atoms with van der Waals surface area (Å²) in [7, 11) is 3.85. The SMILES string of the molecule is Cc1ccccc1NC(=O)Cn1c2c(sc1=O)C(c1ccc(N(C)C)cc1)C1C(=O)N(c3ccc(F)cc3)C(=O)C1S2. The van der Waals surface area contributed by atoms with Crippen LogP contribution in [0.5, 0.6) is 0 Å². The standard InChI is InChI=1S/C31H27FN4O4S2/c1-17-6-4-5-7-22(17)33-23(37)16-35-30-27(42-31(35)40)24(18-8-12-20(13-9-18)34(2)3)25-26(41-30)29(39)36(28(25)38)21-14-10-19(32)11-15-21/h4-15,24-26H,16H2,1-3H3,(H,33,37). The Balaban J connectivity index is 1.42. The van der Waals surface area contributed by atoms with Crippen LogP contribution in [0.1, 0.15) is 21.9 Å². The molecule has 0 bridgehead atoms. The number of halogens is 1. The highest BCUT2D eigenvalue weighted by atomic mass is 32.2. The van der Waals surface area contributed by atoms with Crippen molar-refractivity contribution in [3.05, 3.63) is 104 Å². The maximum Gasteiger partial charge on any atom is 0.308 e. The van der Waals surface area contributed by atoms with Crippen molar-refractivity contribution < 1.29 is 18.8 Å². The van der Waals surface area contributed by atoms with Gasteiger partial charge in [0.25, 0.3) is 0 Å². The van der Waals surface area contributed by atoms with E-state index < -0.39 is 34.7 Å². The number of fused-ring (bicyclic) bond motifs is 2. The number of amides is 3. The maximum absolute atomic E-state index is 14.0. The number of thiazole rings is 1. The molecule has 0 radical (unpaired) electrons. The number of carbonyl (C=O) groups is 3. The molecule has 0 spiro atoms. The molecule has 1 aromatic heterocycles.